The van der Waals surface area contributed by atoms with Gasteiger partial charge in [-0.25, -0.2) is 0 Å². The second-order valence-corrected chi connectivity index (χ2v) is 5.57. The zero-order chi connectivity index (χ0) is 14.5. The molecule has 3 N–H and O–H groups in total. The summed E-state index contributed by atoms with van der Waals surface area (Å²) in [5.41, 5.74) is 9.68. The van der Waals surface area contributed by atoms with Gasteiger partial charge in [-0.15, -0.1) is 0 Å². The Balaban J connectivity index is 2.00. The van der Waals surface area contributed by atoms with E-state index in [1.54, 1.807) is 0 Å². The number of allylic oxidation sites excluding steroid dienone is 4. The van der Waals surface area contributed by atoms with Crippen molar-refractivity contribution >= 4 is 12.2 Å². The molecule has 2 aliphatic carbocycles. The van der Waals surface area contributed by atoms with Gasteiger partial charge in [0, 0.05) is 23.7 Å². The van der Waals surface area contributed by atoms with Gasteiger partial charge in [0.2, 0.25) is 0 Å². The summed E-state index contributed by atoms with van der Waals surface area (Å²) in [7, 11) is 0. The van der Waals surface area contributed by atoms with E-state index in [9.17, 15) is 9.59 Å². The molecule has 0 aromatic rings. The number of amides is 1. The van der Waals surface area contributed by atoms with Crippen LogP contribution in [0.1, 0.15) is 39.0 Å². The van der Waals surface area contributed by atoms with Crippen molar-refractivity contribution in [1.29, 1.82) is 0 Å². The zero-order valence-electron chi connectivity index (χ0n) is 11.9. The quantitative estimate of drug-likeness (QED) is 0.770. The summed E-state index contributed by atoms with van der Waals surface area (Å²) in [6.45, 7) is 2.55. The molecule has 0 aromatic carbocycles. The van der Waals surface area contributed by atoms with Crippen LogP contribution in [0.3, 0.4) is 0 Å². The van der Waals surface area contributed by atoms with Crippen LogP contribution in [-0.4, -0.2) is 18.7 Å². The molecule has 1 amide bonds. The fourth-order valence-corrected chi connectivity index (χ4v) is 2.70. The number of rotatable bonds is 4. The van der Waals surface area contributed by atoms with Crippen molar-refractivity contribution in [3.8, 4) is 0 Å². The maximum atomic E-state index is 12.2. The Morgan fingerprint density at radius 2 is 2.20 bits per heavy atom. The predicted molar refractivity (Wildman–Crippen MR) is 78.7 cm³/mol. The van der Waals surface area contributed by atoms with Crippen molar-refractivity contribution in [1.82, 2.24) is 5.32 Å². The first-order valence-electron chi connectivity index (χ1n) is 7.18. The SMILES string of the molecule is CC1=C(NC(=O)C2=CC=C(CN)CC2)CCC(C=O)C1. The monoisotopic (exact) mass is 274 g/mol. The molecule has 0 saturated carbocycles. The first kappa shape index (κ1) is 14.7. The molecule has 4 heteroatoms. The number of hydrogen-bond donors (Lipinski definition) is 2. The van der Waals surface area contributed by atoms with E-state index in [1.165, 1.54) is 5.57 Å². The Labute approximate surface area is 119 Å². The minimum atomic E-state index is -0.0174. The average Bonchev–Trinajstić information content (AvgIpc) is 2.49. The maximum absolute atomic E-state index is 12.2. The molecule has 2 rings (SSSR count). The lowest BCUT2D eigenvalue weighted by molar-refractivity contribution is -0.117. The lowest BCUT2D eigenvalue weighted by Crippen LogP contribution is -2.28. The molecule has 0 aromatic heterocycles. The molecule has 20 heavy (non-hydrogen) atoms. The van der Waals surface area contributed by atoms with E-state index < -0.39 is 0 Å². The van der Waals surface area contributed by atoms with Crippen molar-refractivity contribution < 1.29 is 9.59 Å². The van der Waals surface area contributed by atoms with E-state index in [4.69, 9.17) is 5.73 Å². The van der Waals surface area contributed by atoms with Gasteiger partial charge in [-0.05, 0) is 39.0 Å². The van der Waals surface area contributed by atoms with E-state index in [0.717, 1.165) is 55.2 Å². The third-order valence-electron chi connectivity index (χ3n) is 4.10. The Morgan fingerprint density at radius 1 is 1.40 bits per heavy atom. The van der Waals surface area contributed by atoms with Crippen molar-refractivity contribution in [2.24, 2.45) is 11.7 Å². The van der Waals surface area contributed by atoms with Crippen LogP contribution in [-0.2, 0) is 9.59 Å². The van der Waals surface area contributed by atoms with Gasteiger partial charge in [0.15, 0.2) is 0 Å². The number of nitrogens with one attached hydrogen (secondary N) is 1. The molecule has 0 saturated heterocycles. The zero-order valence-corrected chi connectivity index (χ0v) is 11.9. The van der Waals surface area contributed by atoms with Crippen molar-refractivity contribution in [2.45, 2.75) is 39.0 Å². The summed E-state index contributed by atoms with van der Waals surface area (Å²) in [6.07, 6.45) is 8.81. The summed E-state index contributed by atoms with van der Waals surface area (Å²) in [4.78, 5) is 23.0. The van der Waals surface area contributed by atoms with Gasteiger partial charge in [0.1, 0.15) is 6.29 Å². The Bertz CT molecular complexity index is 501. The Kier molecular flexibility index (Phi) is 4.90. The fraction of sp³-hybridized carbons (Fsp3) is 0.500. The third-order valence-corrected chi connectivity index (χ3v) is 4.10. The lowest BCUT2D eigenvalue weighted by atomic mass is 9.88. The van der Waals surface area contributed by atoms with Gasteiger partial charge < -0.3 is 15.8 Å². The van der Waals surface area contributed by atoms with Crippen LogP contribution in [0.2, 0.25) is 0 Å². The summed E-state index contributed by atoms with van der Waals surface area (Å²) < 4.78 is 0. The molecule has 108 valence electrons. The van der Waals surface area contributed by atoms with Crippen LogP contribution in [0, 0.1) is 5.92 Å². The van der Waals surface area contributed by atoms with Crippen LogP contribution >= 0.6 is 0 Å². The highest BCUT2D eigenvalue weighted by Crippen LogP contribution is 2.27. The Hall–Kier alpha value is -1.68. The number of carbonyl (C=O) groups excluding carboxylic acids is 2. The molecule has 0 radical (unpaired) electrons. The second kappa shape index (κ2) is 6.66. The summed E-state index contributed by atoms with van der Waals surface area (Å²) in [5.74, 6) is 0.0934. The molecule has 1 atom stereocenters. The van der Waals surface area contributed by atoms with E-state index >= 15 is 0 Å². The number of carbonyl (C=O) groups is 2. The summed E-state index contributed by atoms with van der Waals surface area (Å²) in [5, 5.41) is 3.01. The molecule has 0 fully saturated rings. The van der Waals surface area contributed by atoms with Gasteiger partial charge >= 0.3 is 0 Å². The standard InChI is InChI=1S/C16H22N2O2/c1-11-8-13(10-19)4-7-15(11)18-16(20)14-5-2-12(9-17)3-6-14/h2,5,10,13H,3-4,6-9,17H2,1H3,(H,18,20). The molecule has 0 bridgehead atoms. The largest absolute Gasteiger partial charge is 0.327 e. The van der Waals surface area contributed by atoms with E-state index in [1.807, 2.05) is 19.1 Å². The third kappa shape index (κ3) is 3.45. The summed E-state index contributed by atoms with van der Waals surface area (Å²) >= 11 is 0. The molecule has 1 unspecified atom stereocenters. The topological polar surface area (TPSA) is 72.2 Å². The van der Waals surface area contributed by atoms with Crippen LogP contribution < -0.4 is 11.1 Å². The summed E-state index contributed by atoms with van der Waals surface area (Å²) in [6, 6.07) is 0. The minimum absolute atomic E-state index is 0.0174. The number of aldehydes is 1. The average molecular weight is 274 g/mol. The van der Waals surface area contributed by atoms with Crippen LogP contribution in [0.25, 0.3) is 0 Å². The molecule has 0 spiro atoms. The molecular weight excluding hydrogens is 252 g/mol. The van der Waals surface area contributed by atoms with Gasteiger partial charge in [-0.2, -0.15) is 0 Å². The number of nitrogens with two attached hydrogens (primary N) is 1. The first-order chi connectivity index (χ1) is 9.63. The smallest absolute Gasteiger partial charge is 0.251 e. The van der Waals surface area contributed by atoms with Crippen molar-refractivity contribution in [2.75, 3.05) is 6.54 Å². The van der Waals surface area contributed by atoms with Crippen LogP contribution in [0.15, 0.2) is 34.6 Å². The van der Waals surface area contributed by atoms with E-state index in [0.29, 0.717) is 6.54 Å². The van der Waals surface area contributed by atoms with E-state index in [-0.39, 0.29) is 11.8 Å². The Morgan fingerprint density at radius 3 is 2.75 bits per heavy atom. The minimum Gasteiger partial charge on any atom is -0.327 e. The van der Waals surface area contributed by atoms with Crippen molar-refractivity contribution in [3.63, 3.8) is 0 Å². The molecular formula is C16H22N2O2. The van der Waals surface area contributed by atoms with Crippen LogP contribution in [0.4, 0.5) is 0 Å². The highest BCUT2D eigenvalue weighted by Gasteiger charge is 2.21. The second-order valence-electron chi connectivity index (χ2n) is 5.57. The molecule has 2 aliphatic rings. The lowest BCUT2D eigenvalue weighted by Gasteiger charge is -2.23. The molecule has 4 nitrogen and oxygen atoms in total. The molecule has 0 aliphatic heterocycles. The maximum Gasteiger partial charge on any atom is 0.251 e. The van der Waals surface area contributed by atoms with Gasteiger partial charge in [-0.1, -0.05) is 23.3 Å². The molecule has 0 heterocycles. The van der Waals surface area contributed by atoms with Crippen molar-refractivity contribution in [3.05, 3.63) is 34.6 Å². The van der Waals surface area contributed by atoms with E-state index in [2.05, 4.69) is 5.32 Å². The highest BCUT2D eigenvalue weighted by atomic mass is 16.1. The van der Waals surface area contributed by atoms with Crippen LogP contribution in [0.5, 0.6) is 0 Å². The van der Waals surface area contributed by atoms with Gasteiger partial charge in [0.25, 0.3) is 5.91 Å². The van der Waals surface area contributed by atoms with Gasteiger partial charge in [-0.3, -0.25) is 4.79 Å². The normalized spacial score (nSPS) is 23.0. The van der Waals surface area contributed by atoms with Gasteiger partial charge in [0.05, 0.1) is 0 Å². The predicted octanol–water partition coefficient (Wildman–Crippen LogP) is 1.98. The fourth-order valence-electron chi connectivity index (χ4n) is 2.70. The highest BCUT2D eigenvalue weighted by molar-refractivity contribution is 5.95. The first-order valence-corrected chi connectivity index (χ1v) is 7.18. The number of hydrogen-bond acceptors (Lipinski definition) is 3.